The first-order valence-electron chi connectivity index (χ1n) is 7.99. The molecule has 2 amide bonds. The molecule has 1 aromatic heterocycles. The predicted octanol–water partition coefficient (Wildman–Crippen LogP) is 1.03. The minimum Gasteiger partial charge on any atom is -0.342 e. The highest BCUT2D eigenvalue weighted by atomic mass is 19.3. The normalized spacial score (nSPS) is 26.4. The average Bonchev–Trinajstić information content (AvgIpc) is 3.02. The van der Waals surface area contributed by atoms with Crippen LogP contribution in [-0.4, -0.2) is 63.9 Å². The summed E-state index contributed by atoms with van der Waals surface area (Å²) in [5.74, 6) is -3.43. The van der Waals surface area contributed by atoms with E-state index in [-0.39, 0.29) is 24.8 Å². The van der Waals surface area contributed by atoms with Crippen molar-refractivity contribution >= 4 is 11.8 Å². The van der Waals surface area contributed by atoms with Gasteiger partial charge in [0.2, 0.25) is 17.7 Å². The van der Waals surface area contributed by atoms with Gasteiger partial charge in [0.15, 0.2) is 5.82 Å². The number of aromatic nitrogens is 2. The summed E-state index contributed by atoms with van der Waals surface area (Å²) in [5, 5.41) is 3.58. The number of piperidine rings is 1. The third-order valence-electron chi connectivity index (χ3n) is 4.72. The Morgan fingerprint density at radius 3 is 2.71 bits per heavy atom. The molecule has 2 saturated heterocycles. The lowest BCUT2D eigenvalue weighted by Gasteiger charge is -2.42. The number of carbonyl (C=O) groups is 2. The molecule has 0 aromatic carbocycles. The van der Waals surface area contributed by atoms with Crippen LogP contribution < -0.4 is 0 Å². The van der Waals surface area contributed by atoms with Crippen LogP contribution in [0.5, 0.6) is 0 Å². The largest absolute Gasteiger partial charge is 0.342 e. The van der Waals surface area contributed by atoms with Crippen molar-refractivity contribution in [3.05, 3.63) is 11.7 Å². The van der Waals surface area contributed by atoms with E-state index in [4.69, 9.17) is 4.52 Å². The van der Waals surface area contributed by atoms with Crippen molar-refractivity contribution in [2.24, 2.45) is 5.41 Å². The van der Waals surface area contributed by atoms with Crippen molar-refractivity contribution in [3.63, 3.8) is 0 Å². The Balaban J connectivity index is 1.79. The molecule has 2 fully saturated rings. The summed E-state index contributed by atoms with van der Waals surface area (Å²) in [5.41, 5.74) is -1.18. The highest BCUT2D eigenvalue weighted by Gasteiger charge is 2.57. The van der Waals surface area contributed by atoms with Gasteiger partial charge in [-0.05, 0) is 20.3 Å². The van der Waals surface area contributed by atoms with Crippen LogP contribution in [0.3, 0.4) is 0 Å². The molecule has 1 aromatic rings. The van der Waals surface area contributed by atoms with Gasteiger partial charge in [0.1, 0.15) is 6.42 Å². The van der Waals surface area contributed by atoms with Gasteiger partial charge in [0.05, 0.1) is 12.0 Å². The molecule has 2 aliphatic rings. The summed E-state index contributed by atoms with van der Waals surface area (Å²) in [6, 6.07) is 0. The van der Waals surface area contributed by atoms with E-state index in [1.165, 1.54) is 0 Å². The molecule has 0 unspecified atom stereocenters. The zero-order valence-corrected chi connectivity index (χ0v) is 13.7. The highest BCUT2D eigenvalue weighted by molar-refractivity contribution is 5.87. The second-order valence-corrected chi connectivity index (χ2v) is 6.61. The molecule has 0 aliphatic carbocycles. The number of likely N-dealkylation sites (tertiary alicyclic amines) is 2. The third-order valence-corrected chi connectivity index (χ3v) is 4.72. The summed E-state index contributed by atoms with van der Waals surface area (Å²) < 4.78 is 33.4. The first-order valence-corrected chi connectivity index (χ1v) is 7.99. The Morgan fingerprint density at radius 2 is 2.12 bits per heavy atom. The van der Waals surface area contributed by atoms with Crippen molar-refractivity contribution < 1.29 is 22.9 Å². The molecule has 1 spiro atoms. The van der Waals surface area contributed by atoms with Gasteiger partial charge in [-0.15, -0.1) is 0 Å². The van der Waals surface area contributed by atoms with Crippen molar-refractivity contribution in [2.45, 2.75) is 39.0 Å². The van der Waals surface area contributed by atoms with Gasteiger partial charge in [-0.1, -0.05) is 5.16 Å². The average molecular weight is 342 g/mol. The molecule has 1 atom stereocenters. The van der Waals surface area contributed by atoms with Crippen LogP contribution in [0.25, 0.3) is 0 Å². The van der Waals surface area contributed by atoms with Crippen molar-refractivity contribution in [3.8, 4) is 0 Å². The second-order valence-electron chi connectivity index (χ2n) is 6.61. The molecule has 0 saturated carbocycles. The fourth-order valence-corrected chi connectivity index (χ4v) is 3.64. The van der Waals surface area contributed by atoms with E-state index in [0.717, 1.165) is 4.90 Å². The van der Waals surface area contributed by atoms with Crippen LogP contribution in [0.2, 0.25) is 0 Å². The minimum atomic E-state index is -3.09. The quantitative estimate of drug-likeness (QED) is 0.820. The molecule has 132 valence electrons. The Hall–Kier alpha value is -2.06. The second kappa shape index (κ2) is 5.78. The smallest absolute Gasteiger partial charge is 0.266 e. The van der Waals surface area contributed by atoms with Crippen LogP contribution in [0.1, 0.15) is 31.5 Å². The molecule has 0 bridgehead atoms. The molecule has 0 N–H and O–H groups in total. The lowest BCUT2D eigenvalue weighted by molar-refractivity contribution is -0.162. The summed E-state index contributed by atoms with van der Waals surface area (Å²) >= 11 is 0. The Labute approximate surface area is 138 Å². The number of amides is 2. The van der Waals surface area contributed by atoms with E-state index in [9.17, 15) is 18.4 Å². The maximum atomic E-state index is 14.2. The Morgan fingerprint density at radius 1 is 1.38 bits per heavy atom. The number of hydrogen-bond donors (Lipinski definition) is 0. The zero-order valence-electron chi connectivity index (χ0n) is 13.7. The topological polar surface area (TPSA) is 79.5 Å². The van der Waals surface area contributed by atoms with Crippen LogP contribution in [0.4, 0.5) is 8.78 Å². The molecule has 9 heteroatoms. The molecule has 24 heavy (non-hydrogen) atoms. The van der Waals surface area contributed by atoms with Crippen LogP contribution in [-0.2, 0) is 16.0 Å². The van der Waals surface area contributed by atoms with Gasteiger partial charge in [-0.25, -0.2) is 8.78 Å². The number of nitrogens with zero attached hydrogens (tertiary/aromatic N) is 4. The maximum absolute atomic E-state index is 14.2. The summed E-state index contributed by atoms with van der Waals surface area (Å²) in [6.07, 6.45) is -0.393. The van der Waals surface area contributed by atoms with E-state index < -0.39 is 30.2 Å². The fourth-order valence-electron chi connectivity index (χ4n) is 3.64. The summed E-state index contributed by atoms with van der Waals surface area (Å²) in [7, 11) is 0. The zero-order chi connectivity index (χ0) is 17.5. The first-order chi connectivity index (χ1) is 11.2. The van der Waals surface area contributed by atoms with Crippen molar-refractivity contribution in [1.29, 1.82) is 0 Å². The number of hydrogen-bond acceptors (Lipinski definition) is 5. The van der Waals surface area contributed by atoms with Gasteiger partial charge < -0.3 is 14.3 Å². The van der Waals surface area contributed by atoms with E-state index in [2.05, 4.69) is 10.1 Å². The van der Waals surface area contributed by atoms with Crippen LogP contribution in [0, 0.1) is 12.3 Å². The Kier molecular flexibility index (Phi) is 4.05. The van der Waals surface area contributed by atoms with Crippen LogP contribution >= 0.6 is 0 Å². The molecule has 0 radical (unpaired) electrons. The van der Waals surface area contributed by atoms with Gasteiger partial charge in [-0.3, -0.25) is 9.59 Å². The maximum Gasteiger partial charge on any atom is 0.266 e. The highest BCUT2D eigenvalue weighted by Crippen LogP contribution is 2.45. The van der Waals surface area contributed by atoms with Gasteiger partial charge in [0.25, 0.3) is 5.92 Å². The molecular weight excluding hydrogens is 322 g/mol. The number of aryl methyl sites for hydroxylation is 1. The SMILES string of the molecule is CCN1CC[C@@]2(CN(C(=O)Cc3nc(C)no3)CC(F)(F)C2)C1=O. The number of halogens is 2. The summed E-state index contributed by atoms with van der Waals surface area (Å²) in [4.78, 5) is 31.5. The fraction of sp³-hybridized carbons (Fsp3) is 0.733. The van der Waals surface area contributed by atoms with Crippen LogP contribution in [0.15, 0.2) is 4.52 Å². The predicted molar refractivity (Wildman–Crippen MR) is 78.2 cm³/mol. The monoisotopic (exact) mass is 342 g/mol. The van der Waals surface area contributed by atoms with Crippen molar-refractivity contribution in [1.82, 2.24) is 19.9 Å². The molecule has 3 rings (SSSR count). The van der Waals surface area contributed by atoms with Gasteiger partial charge in [-0.2, -0.15) is 4.98 Å². The number of rotatable bonds is 3. The van der Waals surface area contributed by atoms with Gasteiger partial charge in [0, 0.05) is 26.1 Å². The minimum absolute atomic E-state index is 0.0177. The van der Waals surface area contributed by atoms with Crippen molar-refractivity contribution in [2.75, 3.05) is 26.2 Å². The molecule has 2 aliphatic heterocycles. The molecule has 3 heterocycles. The standard InChI is InChI=1S/C15H20F2N4O3/c1-3-20-5-4-14(13(20)23)7-15(16,17)9-21(8-14)12(22)6-11-18-10(2)19-24-11/h3-9H2,1-2H3/t14-/m1/s1. The first kappa shape index (κ1) is 16.8. The van der Waals surface area contributed by atoms with E-state index in [0.29, 0.717) is 25.3 Å². The lowest BCUT2D eigenvalue weighted by Crippen LogP contribution is -2.57. The molecular formula is C15H20F2N4O3. The number of alkyl halides is 2. The van der Waals surface area contributed by atoms with E-state index in [1.807, 2.05) is 6.92 Å². The number of carbonyl (C=O) groups excluding carboxylic acids is 2. The van der Waals surface area contributed by atoms with E-state index >= 15 is 0 Å². The molecule has 7 nitrogen and oxygen atoms in total. The Bertz CT molecular complexity index is 663. The van der Waals surface area contributed by atoms with E-state index in [1.54, 1.807) is 11.8 Å². The summed E-state index contributed by atoms with van der Waals surface area (Å²) in [6.45, 7) is 3.71. The third kappa shape index (κ3) is 2.99. The lowest BCUT2D eigenvalue weighted by atomic mass is 9.77. The van der Waals surface area contributed by atoms with Gasteiger partial charge >= 0.3 is 0 Å².